The van der Waals surface area contributed by atoms with Gasteiger partial charge in [-0.3, -0.25) is 0 Å². The summed E-state index contributed by atoms with van der Waals surface area (Å²) in [6, 6.07) is 0. The summed E-state index contributed by atoms with van der Waals surface area (Å²) in [5.74, 6) is 0.667. The Morgan fingerprint density at radius 3 is 2.50 bits per heavy atom. The topological polar surface area (TPSA) is 41.9 Å². The number of hydrogen-bond donors (Lipinski definition) is 0. The third-order valence-electron chi connectivity index (χ3n) is 2.43. The molecule has 0 amide bonds. The van der Waals surface area contributed by atoms with Crippen molar-refractivity contribution in [2.24, 2.45) is 0 Å². The van der Waals surface area contributed by atoms with Crippen molar-refractivity contribution in [1.82, 2.24) is 15.2 Å². The van der Waals surface area contributed by atoms with Gasteiger partial charge < -0.3 is 4.90 Å². The van der Waals surface area contributed by atoms with E-state index < -0.39 is 0 Å². The lowest BCUT2D eigenvalue weighted by molar-refractivity contribution is 0.564. The molecule has 0 unspecified atom stereocenters. The molecule has 2 heterocycles. The molecule has 1 aliphatic heterocycles. The van der Waals surface area contributed by atoms with Crippen molar-refractivity contribution < 1.29 is 0 Å². The molecule has 1 aliphatic rings. The third kappa shape index (κ3) is 1.95. The summed E-state index contributed by atoms with van der Waals surface area (Å²) in [4.78, 5) is 6.35. The van der Waals surface area contributed by atoms with E-state index in [1.54, 1.807) is 0 Å². The Balaban J connectivity index is 2.18. The van der Waals surface area contributed by atoms with Gasteiger partial charge in [0.2, 0.25) is 5.95 Å². The highest BCUT2D eigenvalue weighted by Crippen LogP contribution is 2.17. The normalized spacial score (nSPS) is 17.1. The highest BCUT2D eigenvalue weighted by atomic mass is 35.5. The van der Waals surface area contributed by atoms with Crippen LogP contribution in [0.3, 0.4) is 0 Å². The molecule has 14 heavy (non-hydrogen) atoms. The van der Waals surface area contributed by atoms with Gasteiger partial charge in [-0.1, -0.05) is 11.6 Å². The quantitative estimate of drug-likeness (QED) is 0.712. The van der Waals surface area contributed by atoms with Gasteiger partial charge in [0, 0.05) is 13.1 Å². The van der Waals surface area contributed by atoms with Crippen LogP contribution in [0.1, 0.15) is 25.0 Å². The van der Waals surface area contributed by atoms with E-state index in [-0.39, 0.29) is 0 Å². The fourth-order valence-corrected chi connectivity index (χ4v) is 1.69. The van der Waals surface area contributed by atoms with Gasteiger partial charge in [0.05, 0.1) is 5.69 Å². The number of hydrogen-bond acceptors (Lipinski definition) is 4. The first-order chi connectivity index (χ1) is 6.77. The highest BCUT2D eigenvalue weighted by molar-refractivity contribution is 6.30. The fourth-order valence-electron chi connectivity index (χ4n) is 1.58. The molecule has 0 aromatic carbocycles. The average Bonchev–Trinajstić information content (AvgIpc) is 2.23. The Hall–Kier alpha value is -0.900. The predicted molar refractivity (Wildman–Crippen MR) is 55.6 cm³/mol. The number of halogens is 1. The molecule has 1 aromatic rings. The lowest BCUT2D eigenvalue weighted by Gasteiger charge is -2.26. The second-order valence-electron chi connectivity index (χ2n) is 3.54. The largest absolute Gasteiger partial charge is 0.339 e. The number of anilines is 1. The molecule has 0 N–H and O–H groups in total. The van der Waals surface area contributed by atoms with Crippen LogP contribution in [-0.4, -0.2) is 28.3 Å². The molecule has 0 radical (unpaired) electrons. The zero-order valence-electron chi connectivity index (χ0n) is 8.20. The van der Waals surface area contributed by atoms with Crippen molar-refractivity contribution in [2.45, 2.75) is 26.2 Å². The molecule has 1 saturated heterocycles. The van der Waals surface area contributed by atoms with E-state index in [1.165, 1.54) is 19.3 Å². The summed E-state index contributed by atoms with van der Waals surface area (Å²) >= 11 is 5.89. The predicted octanol–water partition coefficient (Wildman–Crippen LogP) is 1.82. The van der Waals surface area contributed by atoms with Crippen LogP contribution < -0.4 is 4.90 Å². The molecule has 0 saturated carbocycles. The van der Waals surface area contributed by atoms with Crippen LogP contribution in [0, 0.1) is 6.92 Å². The maximum Gasteiger partial charge on any atom is 0.246 e. The molecule has 0 aliphatic carbocycles. The van der Waals surface area contributed by atoms with Crippen LogP contribution in [0.5, 0.6) is 0 Å². The van der Waals surface area contributed by atoms with E-state index in [1.807, 2.05) is 6.92 Å². The number of nitrogens with zero attached hydrogens (tertiary/aromatic N) is 4. The zero-order chi connectivity index (χ0) is 9.97. The molecule has 1 fully saturated rings. The van der Waals surface area contributed by atoms with Crippen LogP contribution in [0.15, 0.2) is 0 Å². The van der Waals surface area contributed by atoms with Gasteiger partial charge in [-0.25, -0.2) is 0 Å². The molecule has 76 valence electrons. The van der Waals surface area contributed by atoms with E-state index in [0.29, 0.717) is 16.8 Å². The van der Waals surface area contributed by atoms with E-state index in [2.05, 4.69) is 20.1 Å². The lowest BCUT2D eigenvalue weighted by atomic mass is 10.1. The lowest BCUT2D eigenvalue weighted by Crippen LogP contribution is -2.31. The van der Waals surface area contributed by atoms with E-state index in [9.17, 15) is 0 Å². The number of aryl methyl sites for hydroxylation is 1. The highest BCUT2D eigenvalue weighted by Gasteiger charge is 2.14. The second kappa shape index (κ2) is 4.09. The van der Waals surface area contributed by atoms with Crippen LogP contribution >= 0.6 is 11.6 Å². The minimum atomic E-state index is 0.459. The number of rotatable bonds is 1. The maximum atomic E-state index is 5.89. The Kier molecular flexibility index (Phi) is 2.82. The van der Waals surface area contributed by atoms with Gasteiger partial charge in [0.1, 0.15) is 0 Å². The van der Waals surface area contributed by atoms with Gasteiger partial charge in [-0.05, 0) is 26.2 Å². The van der Waals surface area contributed by atoms with Crippen molar-refractivity contribution >= 4 is 17.5 Å². The summed E-state index contributed by atoms with van der Waals surface area (Å²) in [5, 5.41) is 8.47. The zero-order valence-corrected chi connectivity index (χ0v) is 8.96. The molecular weight excluding hydrogens is 200 g/mol. The minimum absolute atomic E-state index is 0.459. The molecule has 4 nitrogen and oxygen atoms in total. The van der Waals surface area contributed by atoms with Gasteiger partial charge in [-0.15, -0.1) is 10.2 Å². The summed E-state index contributed by atoms with van der Waals surface area (Å²) < 4.78 is 0. The summed E-state index contributed by atoms with van der Waals surface area (Å²) in [5.41, 5.74) is 0.687. The standard InChI is InChI=1S/C9H13ClN4/c1-7-8(10)11-9(13-12-7)14-5-3-2-4-6-14/h2-6H2,1H3. The van der Waals surface area contributed by atoms with Crippen molar-refractivity contribution in [1.29, 1.82) is 0 Å². The van der Waals surface area contributed by atoms with Crippen molar-refractivity contribution in [2.75, 3.05) is 18.0 Å². The van der Waals surface area contributed by atoms with E-state index in [0.717, 1.165) is 13.1 Å². The smallest absolute Gasteiger partial charge is 0.246 e. The summed E-state index contributed by atoms with van der Waals surface area (Å²) in [6.45, 7) is 3.84. The van der Waals surface area contributed by atoms with E-state index in [4.69, 9.17) is 11.6 Å². The second-order valence-corrected chi connectivity index (χ2v) is 3.89. The molecule has 0 bridgehead atoms. The van der Waals surface area contributed by atoms with Crippen molar-refractivity contribution in [3.05, 3.63) is 10.8 Å². The van der Waals surface area contributed by atoms with Gasteiger partial charge in [0.25, 0.3) is 0 Å². The van der Waals surface area contributed by atoms with Crippen LogP contribution in [0.25, 0.3) is 0 Å². The van der Waals surface area contributed by atoms with Gasteiger partial charge >= 0.3 is 0 Å². The summed E-state index contributed by atoms with van der Waals surface area (Å²) in [6.07, 6.45) is 3.70. The van der Waals surface area contributed by atoms with Crippen molar-refractivity contribution in [3.63, 3.8) is 0 Å². The molecule has 5 heteroatoms. The monoisotopic (exact) mass is 212 g/mol. The van der Waals surface area contributed by atoms with Crippen LogP contribution in [0.2, 0.25) is 5.15 Å². The Morgan fingerprint density at radius 2 is 1.86 bits per heavy atom. The number of aromatic nitrogens is 3. The first-order valence-electron chi connectivity index (χ1n) is 4.89. The number of piperidine rings is 1. The Labute approximate surface area is 88.3 Å². The molecule has 1 aromatic heterocycles. The Morgan fingerprint density at radius 1 is 1.14 bits per heavy atom. The fraction of sp³-hybridized carbons (Fsp3) is 0.667. The van der Waals surface area contributed by atoms with Gasteiger partial charge in [-0.2, -0.15) is 4.98 Å². The third-order valence-corrected chi connectivity index (χ3v) is 2.78. The minimum Gasteiger partial charge on any atom is -0.339 e. The maximum absolute atomic E-state index is 5.89. The van der Waals surface area contributed by atoms with Crippen LogP contribution in [0.4, 0.5) is 5.95 Å². The van der Waals surface area contributed by atoms with Crippen molar-refractivity contribution in [3.8, 4) is 0 Å². The first kappa shape index (κ1) is 9.65. The molecule has 2 rings (SSSR count). The average molecular weight is 213 g/mol. The van der Waals surface area contributed by atoms with E-state index >= 15 is 0 Å². The Bertz CT molecular complexity index is 323. The molecule has 0 spiro atoms. The van der Waals surface area contributed by atoms with Crippen LogP contribution in [-0.2, 0) is 0 Å². The molecular formula is C9H13ClN4. The molecule has 0 atom stereocenters. The first-order valence-corrected chi connectivity index (χ1v) is 5.27. The summed E-state index contributed by atoms with van der Waals surface area (Å²) in [7, 11) is 0. The van der Waals surface area contributed by atoms with Gasteiger partial charge in [0.15, 0.2) is 5.15 Å². The SMILES string of the molecule is Cc1nnc(N2CCCCC2)nc1Cl.